The van der Waals surface area contributed by atoms with Gasteiger partial charge in [0.1, 0.15) is 0 Å². The van der Waals surface area contributed by atoms with Gasteiger partial charge in [-0.15, -0.1) is 11.3 Å². The molecule has 0 amide bonds. The summed E-state index contributed by atoms with van der Waals surface area (Å²) in [6.07, 6.45) is 13.6. The zero-order valence-corrected chi connectivity index (χ0v) is 35.1. The van der Waals surface area contributed by atoms with E-state index in [1.807, 2.05) is 11.3 Å². The molecule has 0 fully saturated rings. The summed E-state index contributed by atoms with van der Waals surface area (Å²) in [6.45, 7) is 0. The van der Waals surface area contributed by atoms with E-state index in [9.17, 15) is 0 Å². The standard InChI is InChI=1S/C56H44N2SSi/c1-2-14-28-49(29-15-3-1)60(50-30-16-7-17-31-50,52-32-20-27-47(41-52)57(43-21-8-4-9-22-43)44-23-10-5-11-24-44)51-38-35-46(36-39-51)58(45-25-12-6-13-26-45)48-37-40-56-54(42-48)53-33-18-19-34-55(53)59-56/h1-2,4-13,15-42H,3,14H2/b2-1?,29-15-,49-28+. The summed E-state index contributed by atoms with van der Waals surface area (Å²) in [6, 6.07) is 78.1. The van der Waals surface area contributed by atoms with E-state index in [0.717, 1.165) is 47.0 Å². The molecule has 1 heterocycles. The quantitative estimate of drug-likeness (QED) is 0.0772. The highest BCUT2D eigenvalue weighted by Crippen LogP contribution is 2.41. The van der Waals surface area contributed by atoms with Crippen LogP contribution in [0.1, 0.15) is 12.8 Å². The summed E-state index contributed by atoms with van der Waals surface area (Å²) in [5.41, 5.74) is 6.78. The maximum absolute atomic E-state index is 2.93. The highest BCUT2D eigenvalue weighted by atomic mass is 32.1. The Morgan fingerprint density at radius 1 is 0.350 bits per heavy atom. The molecular formula is C56H44N2SSi. The normalized spacial score (nSPS) is 15.0. The molecule has 1 unspecified atom stereocenters. The van der Waals surface area contributed by atoms with Crippen molar-refractivity contribution in [3.05, 3.63) is 248 Å². The lowest BCUT2D eigenvalue weighted by molar-refractivity contribution is 1.28. The first-order valence-corrected chi connectivity index (χ1v) is 23.5. The first kappa shape index (κ1) is 37.3. The third-order valence-corrected chi connectivity index (χ3v) is 17.6. The van der Waals surface area contributed by atoms with Crippen molar-refractivity contribution in [1.82, 2.24) is 0 Å². The third-order valence-electron chi connectivity index (χ3n) is 11.6. The van der Waals surface area contributed by atoms with Crippen molar-refractivity contribution in [1.29, 1.82) is 0 Å². The summed E-state index contributed by atoms with van der Waals surface area (Å²) in [7, 11) is -2.93. The Bertz CT molecular complexity index is 2930. The zero-order chi connectivity index (χ0) is 40.1. The van der Waals surface area contributed by atoms with Gasteiger partial charge in [0.15, 0.2) is 8.07 Å². The predicted molar refractivity (Wildman–Crippen MR) is 262 cm³/mol. The average molecular weight is 805 g/mol. The Labute approximate surface area is 358 Å². The number of benzene rings is 8. The first-order chi connectivity index (χ1) is 29.8. The van der Waals surface area contributed by atoms with Gasteiger partial charge in [-0.25, -0.2) is 0 Å². The van der Waals surface area contributed by atoms with Gasteiger partial charge in [0, 0.05) is 54.3 Å². The second-order valence-electron chi connectivity index (χ2n) is 15.2. The highest BCUT2D eigenvalue weighted by molar-refractivity contribution is 7.25. The lowest BCUT2D eigenvalue weighted by Gasteiger charge is -2.37. The molecule has 0 spiro atoms. The molecule has 288 valence electrons. The van der Waals surface area contributed by atoms with Crippen molar-refractivity contribution >= 4 is 89.3 Å². The van der Waals surface area contributed by atoms with Gasteiger partial charge < -0.3 is 9.80 Å². The minimum atomic E-state index is -2.93. The van der Waals surface area contributed by atoms with Gasteiger partial charge in [0.25, 0.3) is 0 Å². The maximum Gasteiger partial charge on any atom is 0.179 e. The summed E-state index contributed by atoms with van der Waals surface area (Å²) in [5.74, 6) is 0. The number of anilines is 6. The zero-order valence-electron chi connectivity index (χ0n) is 33.3. The van der Waals surface area contributed by atoms with E-state index < -0.39 is 8.07 Å². The van der Waals surface area contributed by atoms with Gasteiger partial charge in [-0.2, -0.15) is 0 Å². The first-order valence-electron chi connectivity index (χ1n) is 20.7. The van der Waals surface area contributed by atoms with Gasteiger partial charge in [-0.05, 0) is 119 Å². The van der Waals surface area contributed by atoms with Crippen molar-refractivity contribution in [3.63, 3.8) is 0 Å². The van der Waals surface area contributed by atoms with E-state index in [4.69, 9.17) is 0 Å². The van der Waals surface area contributed by atoms with Crippen molar-refractivity contribution < 1.29 is 0 Å². The molecule has 0 saturated heterocycles. The minimum Gasteiger partial charge on any atom is -0.311 e. The fourth-order valence-electron chi connectivity index (χ4n) is 8.91. The molecule has 0 radical (unpaired) electrons. The number of hydrogen-bond donors (Lipinski definition) is 0. The van der Waals surface area contributed by atoms with E-state index >= 15 is 0 Å². The lowest BCUT2D eigenvalue weighted by Crippen LogP contribution is -2.68. The molecule has 10 rings (SSSR count). The largest absolute Gasteiger partial charge is 0.311 e. The lowest BCUT2D eigenvalue weighted by atomic mass is 10.1. The Hall–Kier alpha value is -6.98. The highest BCUT2D eigenvalue weighted by Gasteiger charge is 2.42. The van der Waals surface area contributed by atoms with Crippen molar-refractivity contribution in [2.45, 2.75) is 12.8 Å². The third kappa shape index (κ3) is 7.00. The van der Waals surface area contributed by atoms with Crippen LogP contribution in [0, 0.1) is 0 Å². The summed E-state index contributed by atoms with van der Waals surface area (Å²) in [4.78, 5) is 4.78. The average Bonchev–Trinajstić information content (AvgIpc) is 3.68. The van der Waals surface area contributed by atoms with E-state index in [1.165, 1.54) is 40.9 Å². The molecule has 0 N–H and O–H groups in total. The fraction of sp³-hybridized carbons (Fsp3) is 0.0357. The molecule has 1 atom stereocenters. The summed E-state index contributed by atoms with van der Waals surface area (Å²) in [5, 5.41) is 8.02. The number of nitrogens with zero attached hydrogens (tertiary/aromatic N) is 2. The van der Waals surface area contributed by atoms with Crippen molar-refractivity contribution in [2.24, 2.45) is 0 Å². The number of para-hydroxylation sites is 3. The topological polar surface area (TPSA) is 6.48 Å². The van der Waals surface area contributed by atoms with E-state index in [1.54, 1.807) is 0 Å². The smallest absolute Gasteiger partial charge is 0.179 e. The van der Waals surface area contributed by atoms with Crippen LogP contribution < -0.4 is 25.4 Å². The Morgan fingerprint density at radius 2 is 0.833 bits per heavy atom. The summed E-state index contributed by atoms with van der Waals surface area (Å²) < 4.78 is 2.62. The van der Waals surface area contributed by atoms with Gasteiger partial charge in [0.2, 0.25) is 0 Å². The van der Waals surface area contributed by atoms with E-state index in [-0.39, 0.29) is 0 Å². The van der Waals surface area contributed by atoms with E-state index in [2.05, 4.69) is 253 Å². The van der Waals surface area contributed by atoms with Crippen LogP contribution in [0.4, 0.5) is 34.1 Å². The Balaban J connectivity index is 1.18. The van der Waals surface area contributed by atoms with Crippen LogP contribution >= 0.6 is 11.3 Å². The molecule has 0 aliphatic heterocycles. The van der Waals surface area contributed by atoms with E-state index in [0.29, 0.717) is 0 Å². The second kappa shape index (κ2) is 16.7. The SMILES string of the molecule is C1=CC/C=C([Si](c2ccccc2)(c2ccc(N(c3ccccc3)c3ccc4sc5ccccc5c4c3)cc2)c2cccc(N(c3ccccc3)c3ccccc3)c2)\C=C/C1. The number of fused-ring (bicyclic) bond motifs is 3. The van der Waals surface area contributed by atoms with Crippen LogP contribution in [0.3, 0.4) is 0 Å². The number of thiophene rings is 1. The Kier molecular flexibility index (Phi) is 10.4. The van der Waals surface area contributed by atoms with Crippen LogP contribution in [0.25, 0.3) is 20.2 Å². The number of hydrogen-bond acceptors (Lipinski definition) is 3. The van der Waals surface area contributed by atoms with Crippen LogP contribution in [0.5, 0.6) is 0 Å². The monoisotopic (exact) mass is 804 g/mol. The molecule has 0 bridgehead atoms. The molecule has 60 heavy (non-hydrogen) atoms. The molecule has 1 aliphatic carbocycles. The maximum atomic E-state index is 2.48. The summed E-state index contributed by atoms with van der Waals surface area (Å²) >= 11 is 1.86. The van der Waals surface area contributed by atoms with Crippen molar-refractivity contribution in [3.8, 4) is 0 Å². The molecule has 1 aliphatic rings. The fourth-order valence-corrected chi connectivity index (χ4v) is 14.9. The number of rotatable bonds is 10. The number of allylic oxidation sites excluding steroid dienone is 6. The molecule has 9 aromatic rings. The molecule has 0 saturated carbocycles. The van der Waals surface area contributed by atoms with Crippen LogP contribution in [-0.2, 0) is 0 Å². The molecule has 1 aromatic heterocycles. The van der Waals surface area contributed by atoms with Crippen LogP contribution in [-0.4, -0.2) is 8.07 Å². The molecule has 8 aromatic carbocycles. The van der Waals surface area contributed by atoms with Crippen LogP contribution in [0.15, 0.2) is 248 Å². The van der Waals surface area contributed by atoms with Gasteiger partial charge >= 0.3 is 0 Å². The van der Waals surface area contributed by atoms with Gasteiger partial charge in [-0.3, -0.25) is 0 Å². The van der Waals surface area contributed by atoms with Gasteiger partial charge in [0.05, 0.1) is 0 Å². The van der Waals surface area contributed by atoms with Crippen molar-refractivity contribution in [2.75, 3.05) is 9.80 Å². The Morgan fingerprint density at radius 3 is 1.50 bits per heavy atom. The van der Waals surface area contributed by atoms with Gasteiger partial charge in [-0.1, -0.05) is 158 Å². The molecular weight excluding hydrogens is 761 g/mol. The minimum absolute atomic E-state index is 0.890. The van der Waals surface area contributed by atoms with Crippen LogP contribution in [0.2, 0.25) is 0 Å². The second-order valence-corrected chi connectivity index (χ2v) is 20.1. The molecule has 4 heteroatoms. The molecule has 2 nitrogen and oxygen atoms in total. The predicted octanol–water partition coefficient (Wildman–Crippen LogP) is 13.8.